The Morgan fingerprint density at radius 2 is 2.11 bits per heavy atom. The molecule has 2 rings (SSSR count). The minimum atomic E-state index is -0.396. The SMILES string of the molecule is CCC1C(=O)NC(=O)CN1c1ncc(CNC)cn1. The standard InChI is InChI=1S/C12H17N5O2/c1-3-9-11(19)16-10(18)7-17(9)12-14-5-8(4-13-2)6-15-12/h5-6,9,13H,3-4,7H2,1-2H3,(H,16,18,19). The molecule has 102 valence electrons. The molecule has 0 aliphatic carbocycles. The maximum atomic E-state index is 11.7. The molecule has 19 heavy (non-hydrogen) atoms. The van der Waals surface area contributed by atoms with E-state index in [9.17, 15) is 9.59 Å². The number of carbonyl (C=O) groups excluding carboxylic acids is 2. The summed E-state index contributed by atoms with van der Waals surface area (Å²) >= 11 is 0. The molecule has 0 radical (unpaired) electrons. The molecule has 1 unspecified atom stereocenters. The Bertz CT molecular complexity index is 474. The fourth-order valence-corrected chi connectivity index (χ4v) is 2.07. The number of carbonyl (C=O) groups is 2. The fourth-order valence-electron chi connectivity index (χ4n) is 2.07. The van der Waals surface area contributed by atoms with Gasteiger partial charge >= 0.3 is 0 Å². The maximum Gasteiger partial charge on any atom is 0.249 e. The van der Waals surface area contributed by atoms with Crippen molar-refractivity contribution in [3.63, 3.8) is 0 Å². The molecule has 1 atom stereocenters. The summed E-state index contributed by atoms with van der Waals surface area (Å²) in [6, 6.07) is -0.396. The molecule has 1 fully saturated rings. The lowest BCUT2D eigenvalue weighted by molar-refractivity contribution is -0.133. The van der Waals surface area contributed by atoms with Gasteiger partial charge in [0.25, 0.3) is 0 Å². The van der Waals surface area contributed by atoms with Gasteiger partial charge in [0.1, 0.15) is 12.6 Å². The van der Waals surface area contributed by atoms with Crippen molar-refractivity contribution in [2.75, 3.05) is 18.5 Å². The third kappa shape index (κ3) is 2.87. The molecular formula is C12H17N5O2. The molecule has 1 saturated heterocycles. The van der Waals surface area contributed by atoms with Crippen molar-refractivity contribution < 1.29 is 9.59 Å². The van der Waals surface area contributed by atoms with Crippen LogP contribution in [0.2, 0.25) is 0 Å². The Morgan fingerprint density at radius 3 is 2.68 bits per heavy atom. The van der Waals surface area contributed by atoms with Gasteiger partial charge in [-0.05, 0) is 13.5 Å². The van der Waals surface area contributed by atoms with E-state index in [1.165, 1.54) is 0 Å². The smallest absolute Gasteiger partial charge is 0.249 e. The largest absolute Gasteiger partial charge is 0.319 e. The van der Waals surface area contributed by atoms with Gasteiger partial charge in [-0.3, -0.25) is 14.9 Å². The molecule has 2 heterocycles. The van der Waals surface area contributed by atoms with Gasteiger partial charge in [-0.25, -0.2) is 9.97 Å². The Kier molecular flexibility index (Phi) is 4.06. The second kappa shape index (κ2) is 5.75. The van der Waals surface area contributed by atoms with E-state index in [0.29, 0.717) is 18.9 Å². The van der Waals surface area contributed by atoms with E-state index in [2.05, 4.69) is 20.6 Å². The molecule has 1 aromatic heterocycles. The quantitative estimate of drug-likeness (QED) is 0.708. The van der Waals surface area contributed by atoms with Crippen LogP contribution in [-0.4, -0.2) is 41.4 Å². The highest BCUT2D eigenvalue weighted by Crippen LogP contribution is 2.16. The summed E-state index contributed by atoms with van der Waals surface area (Å²) in [5, 5.41) is 5.33. The monoisotopic (exact) mass is 263 g/mol. The van der Waals surface area contributed by atoms with Crippen LogP contribution in [0.25, 0.3) is 0 Å². The fraction of sp³-hybridized carbons (Fsp3) is 0.500. The summed E-state index contributed by atoms with van der Waals surface area (Å²) in [6.07, 6.45) is 3.99. The van der Waals surface area contributed by atoms with E-state index in [1.54, 1.807) is 17.3 Å². The minimum Gasteiger partial charge on any atom is -0.319 e. The topological polar surface area (TPSA) is 87.2 Å². The highest BCUT2D eigenvalue weighted by Gasteiger charge is 2.33. The van der Waals surface area contributed by atoms with E-state index < -0.39 is 6.04 Å². The Balaban J connectivity index is 2.22. The van der Waals surface area contributed by atoms with Gasteiger partial charge in [-0.15, -0.1) is 0 Å². The van der Waals surface area contributed by atoms with Crippen molar-refractivity contribution in [1.29, 1.82) is 0 Å². The van der Waals surface area contributed by atoms with Crippen molar-refractivity contribution in [2.24, 2.45) is 0 Å². The normalized spacial score (nSPS) is 19.5. The van der Waals surface area contributed by atoms with Crippen LogP contribution in [0.15, 0.2) is 12.4 Å². The maximum absolute atomic E-state index is 11.7. The van der Waals surface area contributed by atoms with Crippen LogP contribution >= 0.6 is 0 Å². The van der Waals surface area contributed by atoms with Crippen molar-refractivity contribution in [1.82, 2.24) is 20.6 Å². The predicted octanol–water partition coefficient (Wildman–Crippen LogP) is -0.563. The van der Waals surface area contributed by atoms with E-state index in [0.717, 1.165) is 5.56 Å². The van der Waals surface area contributed by atoms with Crippen LogP contribution in [-0.2, 0) is 16.1 Å². The van der Waals surface area contributed by atoms with Gasteiger partial charge in [0, 0.05) is 24.5 Å². The molecule has 7 nitrogen and oxygen atoms in total. The van der Waals surface area contributed by atoms with E-state index in [4.69, 9.17) is 0 Å². The number of nitrogens with one attached hydrogen (secondary N) is 2. The van der Waals surface area contributed by atoms with Crippen LogP contribution in [0, 0.1) is 0 Å². The molecule has 0 saturated carbocycles. The molecule has 0 aromatic carbocycles. The predicted molar refractivity (Wildman–Crippen MR) is 69.4 cm³/mol. The first-order valence-electron chi connectivity index (χ1n) is 6.21. The van der Waals surface area contributed by atoms with Crippen molar-refractivity contribution in [3.8, 4) is 0 Å². The van der Waals surface area contributed by atoms with Crippen molar-refractivity contribution >= 4 is 17.8 Å². The average molecular weight is 263 g/mol. The molecule has 1 aliphatic rings. The van der Waals surface area contributed by atoms with Gasteiger partial charge in [0.15, 0.2) is 0 Å². The average Bonchev–Trinajstić information content (AvgIpc) is 2.39. The van der Waals surface area contributed by atoms with Gasteiger partial charge in [-0.2, -0.15) is 0 Å². The first-order valence-corrected chi connectivity index (χ1v) is 6.21. The van der Waals surface area contributed by atoms with Gasteiger partial charge in [-0.1, -0.05) is 6.92 Å². The summed E-state index contributed by atoms with van der Waals surface area (Å²) < 4.78 is 0. The van der Waals surface area contributed by atoms with Crippen LogP contribution < -0.4 is 15.5 Å². The van der Waals surface area contributed by atoms with Crippen LogP contribution in [0.1, 0.15) is 18.9 Å². The van der Waals surface area contributed by atoms with Gasteiger partial charge in [0.05, 0.1) is 0 Å². The number of piperazine rings is 1. The zero-order valence-electron chi connectivity index (χ0n) is 11.0. The molecule has 0 spiro atoms. The molecule has 7 heteroatoms. The number of anilines is 1. The third-order valence-electron chi connectivity index (χ3n) is 2.97. The summed E-state index contributed by atoms with van der Waals surface area (Å²) in [7, 11) is 1.84. The molecule has 1 aromatic rings. The Labute approximate surface area is 111 Å². The number of amides is 2. The number of hydrogen-bond acceptors (Lipinski definition) is 6. The molecular weight excluding hydrogens is 246 g/mol. The van der Waals surface area contributed by atoms with Crippen molar-refractivity contribution in [3.05, 3.63) is 18.0 Å². The lowest BCUT2D eigenvalue weighted by Gasteiger charge is -2.33. The van der Waals surface area contributed by atoms with Crippen LogP contribution in [0.5, 0.6) is 0 Å². The summed E-state index contributed by atoms with van der Waals surface area (Å²) in [5.41, 5.74) is 0.951. The molecule has 1 aliphatic heterocycles. The Hall–Kier alpha value is -2.02. The second-order valence-electron chi connectivity index (χ2n) is 4.39. The highest BCUT2D eigenvalue weighted by molar-refractivity contribution is 6.04. The van der Waals surface area contributed by atoms with E-state index in [1.807, 2.05) is 14.0 Å². The first kappa shape index (κ1) is 13.4. The number of aromatic nitrogens is 2. The molecule has 0 bridgehead atoms. The summed E-state index contributed by atoms with van der Waals surface area (Å²) in [6.45, 7) is 2.68. The lowest BCUT2D eigenvalue weighted by atomic mass is 10.1. The molecule has 2 amide bonds. The van der Waals surface area contributed by atoms with Gasteiger partial charge < -0.3 is 10.2 Å². The van der Waals surface area contributed by atoms with Gasteiger partial charge in [0.2, 0.25) is 17.8 Å². The van der Waals surface area contributed by atoms with E-state index >= 15 is 0 Å². The number of nitrogens with zero attached hydrogens (tertiary/aromatic N) is 3. The summed E-state index contributed by atoms with van der Waals surface area (Å²) in [4.78, 5) is 33.3. The third-order valence-corrected chi connectivity index (χ3v) is 2.97. The van der Waals surface area contributed by atoms with Crippen LogP contribution in [0.4, 0.5) is 5.95 Å². The molecule has 2 N–H and O–H groups in total. The minimum absolute atomic E-state index is 0.107. The van der Waals surface area contributed by atoms with E-state index in [-0.39, 0.29) is 18.4 Å². The summed E-state index contributed by atoms with van der Waals surface area (Å²) in [5.74, 6) is -0.200. The lowest BCUT2D eigenvalue weighted by Crippen LogP contribution is -2.58. The second-order valence-corrected chi connectivity index (χ2v) is 4.39. The zero-order chi connectivity index (χ0) is 13.8. The highest BCUT2D eigenvalue weighted by atomic mass is 16.2. The van der Waals surface area contributed by atoms with Crippen LogP contribution in [0.3, 0.4) is 0 Å². The first-order chi connectivity index (χ1) is 9.15. The number of imide groups is 1. The Morgan fingerprint density at radius 1 is 1.42 bits per heavy atom. The number of hydrogen-bond donors (Lipinski definition) is 2. The number of rotatable bonds is 4. The zero-order valence-corrected chi connectivity index (χ0v) is 11.0. The van der Waals surface area contributed by atoms with Crippen molar-refractivity contribution in [2.45, 2.75) is 25.9 Å².